The first-order valence-electron chi connectivity index (χ1n) is 6.24. The fourth-order valence-corrected chi connectivity index (χ4v) is 1.68. The molecule has 0 amide bonds. The van der Waals surface area contributed by atoms with Crippen LogP contribution in [0.25, 0.3) is 0 Å². The normalized spacial score (nSPS) is 12.8. The number of anilines is 1. The van der Waals surface area contributed by atoms with Crippen LogP contribution in [-0.4, -0.2) is 23.6 Å². The highest BCUT2D eigenvalue weighted by molar-refractivity contribution is 5.35. The summed E-state index contributed by atoms with van der Waals surface area (Å²) in [4.78, 5) is 8.99. The summed E-state index contributed by atoms with van der Waals surface area (Å²) in [5.74, 6) is 2.21. The molecule has 1 heterocycles. The lowest BCUT2D eigenvalue weighted by molar-refractivity contribution is 0.0699. The Morgan fingerprint density at radius 1 is 1.29 bits per heavy atom. The fraction of sp³-hybridized carbons (Fsp3) is 0.692. The summed E-state index contributed by atoms with van der Waals surface area (Å²) in [7, 11) is 1.87. The van der Waals surface area contributed by atoms with Crippen molar-refractivity contribution < 1.29 is 4.74 Å². The first-order valence-corrected chi connectivity index (χ1v) is 6.24. The summed E-state index contributed by atoms with van der Waals surface area (Å²) in [6.07, 6.45) is 0.905. The first kappa shape index (κ1) is 13.9. The van der Waals surface area contributed by atoms with Gasteiger partial charge in [-0.05, 0) is 26.2 Å². The van der Waals surface area contributed by atoms with E-state index < -0.39 is 0 Å². The zero-order valence-corrected chi connectivity index (χ0v) is 11.4. The van der Waals surface area contributed by atoms with E-state index in [0.29, 0.717) is 12.5 Å². The molecule has 0 radical (unpaired) electrons. The van der Waals surface area contributed by atoms with E-state index >= 15 is 0 Å². The van der Waals surface area contributed by atoms with Crippen LogP contribution in [0.3, 0.4) is 0 Å². The van der Waals surface area contributed by atoms with E-state index in [1.54, 1.807) is 0 Å². The Hall–Kier alpha value is -1.16. The number of rotatable bonds is 6. The van der Waals surface area contributed by atoms with Gasteiger partial charge in [0.25, 0.3) is 0 Å². The van der Waals surface area contributed by atoms with Crippen molar-refractivity contribution in [1.82, 2.24) is 9.97 Å². The predicted octanol–water partition coefficient (Wildman–Crippen LogP) is 2.81. The van der Waals surface area contributed by atoms with Gasteiger partial charge in [-0.15, -0.1) is 0 Å². The van der Waals surface area contributed by atoms with Gasteiger partial charge in [0.15, 0.2) is 5.82 Å². The summed E-state index contributed by atoms with van der Waals surface area (Å²) >= 11 is 0. The molecule has 0 aliphatic rings. The second kappa shape index (κ2) is 6.55. The van der Waals surface area contributed by atoms with Crippen LogP contribution in [0.5, 0.6) is 0 Å². The molecule has 0 aliphatic heterocycles. The number of hydrogen-bond acceptors (Lipinski definition) is 4. The van der Waals surface area contributed by atoms with E-state index in [4.69, 9.17) is 4.74 Å². The molecule has 0 saturated heterocycles. The zero-order valence-electron chi connectivity index (χ0n) is 11.4. The molecule has 1 unspecified atom stereocenters. The van der Waals surface area contributed by atoms with Crippen molar-refractivity contribution in [2.24, 2.45) is 5.92 Å². The Morgan fingerprint density at radius 2 is 2.00 bits per heavy atom. The van der Waals surface area contributed by atoms with Crippen molar-refractivity contribution in [2.45, 2.75) is 40.2 Å². The van der Waals surface area contributed by atoms with Crippen molar-refractivity contribution >= 4 is 5.82 Å². The lowest BCUT2D eigenvalue weighted by atomic mass is 10.1. The molecule has 0 aliphatic carbocycles. The Labute approximate surface area is 104 Å². The Kier molecular flexibility index (Phi) is 5.35. The number of nitrogens with one attached hydrogen (secondary N) is 1. The van der Waals surface area contributed by atoms with Gasteiger partial charge in [-0.25, -0.2) is 9.97 Å². The standard InChI is InChI=1S/C13H23N3O/c1-6-17-10(4)13-15-11(7-9(2)3)8-12(14-5)16-13/h8-10H,6-7H2,1-5H3,(H,14,15,16). The minimum absolute atomic E-state index is 0.0563. The van der Waals surface area contributed by atoms with E-state index in [1.165, 1.54) is 0 Å². The monoisotopic (exact) mass is 237 g/mol. The maximum Gasteiger partial charge on any atom is 0.159 e. The predicted molar refractivity (Wildman–Crippen MR) is 70.2 cm³/mol. The van der Waals surface area contributed by atoms with Gasteiger partial charge in [0.2, 0.25) is 0 Å². The number of nitrogens with zero attached hydrogens (tertiary/aromatic N) is 2. The largest absolute Gasteiger partial charge is 0.373 e. The van der Waals surface area contributed by atoms with Crippen LogP contribution in [0.15, 0.2) is 6.07 Å². The molecule has 0 fully saturated rings. The van der Waals surface area contributed by atoms with E-state index in [2.05, 4.69) is 29.1 Å². The summed E-state index contributed by atoms with van der Waals surface area (Å²) in [5.41, 5.74) is 1.07. The SMILES string of the molecule is CCOC(C)c1nc(CC(C)C)cc(NC)n1. The van der Waals surface area contributed by atoms with Gasteiger partial charge < -0.3 is 10.1 Å². The van der Waals surface area contributed by atoms with Crippen molar-refractivity contribution in [3.8, 4) is 0 Å². The maximum atomic E-state index is 5.53. The van der Waals surface area contributed by atoms with E-state index in [0.717, 1.165) is 23.8 Å². The lowest BCUT2D eigenvalue weighted by Gasteiger charge is -2.14. The topological polar surface area (TPSA) is 47.0 Å². The third-order valence-corrected chi connectivity index (χ3v) is 2.45. The van der Waals surface area contributed by atoms with Gasteiger partial charge in [0, 0.05) is 25.4 Å². The molecule has 1 atom stereocenters. The lowest BCUT2D eigenvalue weighted by Crippen LogP contribution is -2.10. The van der Waals surface area contributed by atoms with Gasteiger partial charge in [-0.1, -0.05) is 13.8 Å². The van der Waals surface area contributed by atoms with Crippen LogP contribution in [0.1, 0.15) is 45.3 Å². The summed E-state index contributed by atoms with van der Waals surface area (Å²) < 4.78 is 5.53. The molecule has 0 aromatic carbocycles. The van der Waals surface area contributed by atoms with Crippen molar-refractivity contribution in [3.05, 3.63) is 17.6 Å². The van der Waals surface area contributed by atoms with Crippen LogP contribution >= 0.6 is 0 Å². The second-order valence-electron chi connectivity index (χ2n) is 4.55. The molecular weight excluding hydrogens is 214 g/mol. The molecule has 0 saturated carbocycles. The molecule has 1 aromatic heterocycles. The van der Waals surface area contributed by atoms with Crippen LogP contribution in [0.2, 0.25) is 0 Å². The average Bonchev–Trinajstić information content (AvgIpc) is 2.28. The van der Waals surface area contributed by atoms with Gasteiger partial charge in [-0.3, -0.25) is 0 Å². The summed E-state index contributed by atoms with van der Waals surface area (Å²) in [6, 6.07) is 2.00. The van der Waals surface area contributed by atoms with Gasteiger partial charge in [-0.2, -0.15) is 0 Å². The van der Waals surface area contributed by atoms with Crippen LogP contribution in [0.4, 0.5) is 5.82 Å². The molecule has 1 aromatic rings. The zero-order chi connectivity index (χ0) is 12.8. The molecule has 1 N–H and O–H groups in total. The van der Waals surface area contributed by atoms with Crippen LogP contribution in [0, 0.1) is 5.92 Å². The second-order valence-corrected chi connectivity index (χ2v) is 4.55. The highest BCUT2D eigenvalue weighted by atomic mass is 16.5. The molecule has 4 nitrogen and oxygen atoms in total. The Bertz CT molecular complexity index is 353. The number of hydrogen-bond donors (Lipinski definition) is 1. The van der Waals surface area contributed by atoms with Crippen LogP contribution in [-0.2, 0) is 11.2 Å². The third-order valence-electron chi connectivity index (χ3n) is 2.45. The highest BCUT2D eigenvalue weighted by Crippen LogP contribution is 2.17. The molecule has 0 bridgehead atoms. The molecule has 17 heavy (non-hydrogen) atoms. The molecule has 1 rings (SSSR count). The maximum absolute atomic E-state index is 5.53. The van der Waals surface area contributed by atoms with E-state index in [-0.39, 0.29) is 6.10 Å². The van der Waals surface area contributed by atoms with Crippen LogP contribution < -0.4 is 5.32 Å². The first-order chi connectivity index (χ1) is 8.06. The van der Waals surface area contributed by atoms with Gasteiger partial charge in [0.1, 0.15) is 11.9 Å². The molecule has 0 spiro atoms. The minimum atomic E-state index is -0.0563. The highest BCUT2D eigenvalue weighted by Gasteiger charge is 2.12. The smallest absolute Gasteiger partial charge is 0.159 e. The van der Waals surface area contributed by atoms with Gasteiger partial charge >= 0.3 is 0 Å². The Morgan fingerprint density at radius 3 is 2.53 bits per heavy atom. The fourth-order valence-electron chi connectivity index (χ4n) is 1.68. The van der Waals surface area contributed by atoms with Crippen molar-refractivity contribution in [1.29, 1.82) is 0 Å². The third kappa shape index (κ3) is 4.30. The molecule has 4 heteroatoms. The summed E-state index contributed by atoms with van der Waals surface area (Å²) in [5, 5.41) is 3.07. The molecule has 96 valence electrons. The van der Waals surface area contributed by atoms with Crippen molar-refractivity contribution in [3.63, 3.8) is 0 Å². The minimum Gasteiger partial charge on any atom is -0.373 e. The average molecular weight is 237 g/mol. The number of ether oxygens (including phenoxy) is 1. The summed E-state index contributed by atoms with van der Waals surface area (Å²) in [6.45, 7) is 9.01. The van der Waals surface area contributed by atoms with Crippen molar-refractivity contribution in [2.75, 3.05) is 19.0 Å². The van der Waals surface area contributed by atoms with E-state index in [9.17, 15) is 0 Å². The quantitative estimate of drug-likeness (QED) is 0.826. The van der Waals surface area contributed by atoms with Gasteiger partial charge in [0.05, 0.1) is 0 Å². The molecular formula is C13H23N3O. The van der Waals surface area contributed by atoms with E-state index in [1.807, 2.05) is 27.0 Å². The number of aromatic nitrogens is 2. The Balaban J connectivity index is 2.96.